The van der Waals surface area contributed by atoms with E-state index in [0.717, 1.165) is 10.7 Å². The number of aliphatic hydroxyl groups excluding tert-OH is 1. The van der Waals surface area contributed by atoms with Gasteiger partial charge >= 0.3 is 0 Å². The predicted molar refractivity (Wildman–Crippen MR) is 64.9 cm³/mol. The number of fused-ring (bicyclic) bond motifs is 1. The Morgan fingerprint density at radius 2 is 2.25 bits per heavy atom. The first-order chi connectivity index (χ1) is 7.77. The van der Waals surface area contributed by atoms with Crippen LogP contribution < -0.4 is 0 Å². The zero-order valence-electron chi connectivity index (χ0n) is 9.05. The van der Waals surface area contributed by atoms with E-state index in [1.165, 1.54) is 11.8 Å². The number of rotatable bonds is 4. The number of aromatic nitrogens is 2. The fourth-order valence-corrected chi connectivity index (χ4v) is 2.30. The van der Waals surface area contributed by atoms with Gasteiger partial charge in [-0.25, -0.2) is 4.98 Å². The number of phenolic OH excluding ortho intramolecular Hbond substituents is 1. The zero-order chi connectivity index (χ0) is 11.5. The first kappa shape index (κ1) is 11.3. The molecule has 5 heteroatoms. The van der Waals surface area contributed by atoms with Crippen LogP contribution >= 0.6 is 11.8 Å². The number of nitrogens with zero attached hydrogens (tertiary/aromatic N) is 2. The first-order valence-corrected chi connectivity index (χ1v) is 6.33. The molecule has 0 amide bonds. The summed E-state index contributed by atoms with van der Waals surface area (Å²) in [6, 6.07) is 5.37. The molecule has 0 aliphatic rings. The van der Waals surface area contributed by atoms with Gasteiger partial charge in [0, 0.05) is 13.2 Å². The Balaban J connectivity index is 2.54. The van der Waals surface area contributed by atoms with E-state index >= 15 is 0 Å². The van der Waals surface area contributed by atoms with Gasteiger partial charge in [-0.3, -0.25) is 0 Å². The molecular weight excluding hydrogens is 224 g/mol. The second-order valence-electron chi connectivity index (χ2n) is 3.47. The minimum atomic E-state index is 0.159. The van der Waals surface area contributed by atoms with E-state index in [-0.39, 0.29) is 12.4 Å². The molecule has 86 valence electrons. The van der Waals surface area contributed by atoms with Crippen molar-refractivity contribution in [1.82, 2.24) is 9.55 Å². The summed E-state index contributed by atoms with van der Waals surface area (Å²) in [7, 11) is 0. The van der Waals surface area contributed by atoms with Gasteiger partial charge in [-0.2, -0.15) is 0 Å². The Morgan fingerprint density at radius 3 is 2.94 bits per heavy atom. The molecule has 0 radical (unpaired) electrons. The van der Waals surface area contributed by atoms with Crippen molar-refractivity contribution in [3.63, 3.8) is 0 Å². The lowest BCUT2D eigenvalue weighted by Gasteiger charge is -2.05. The molecule has 0 aliphatic heterocycles. The first-order valence-electron chi connectivity index (χ1n) is 5.11. The quantitative estimate of drug-likeness (QED) is 0.798. The average molecular weight is 238 g/mol. The van der Waals surface area contributed by atoms with E-state index in [4.69, 9.17) is 5.11 Å². The van der Waals surface area contributed by atoms with E-state index in [9.17, 15) is 5.11 Å². The maximum atomic E-state index is 9.70. The summed E-state index contributed by atoms with van der Waals surface area (Å²) < 4.78 is 2.02. The zero-order valence-corrected chi connectivity index (χ0v) is 9.87. The average Bonchev–Trinajstić information content (AvgIpc) is 2.66. The predicted octanol–water partition coefficient (Wildman–Crippen LogP) is 1.85. The third kappa shape index (κ3) is 1.88. The lowest BCUT2D eigenvalue weighted by atomic mass is 10.3. The normalized spacial score (nSPS) is 11.1. The highest BCUT2D eigenvalue weighted by Crippen LogP contribution is 2.28. The lowest BCUT2D eigenvalue weighted by Crippen LogP contribution is -2.01. The van der Waals surface area contributed by atoms with Crippen molar-refractivity contribution < 1.29 is 10.2 Å². The second-order valence-corrected chi connectivity index (χ2v) is 4.25. The minimum absolute atomic E-state index is 0.159. The molecular formula is C11H14N2O2S. The lowest BCUT2D eigenvalue weighted by molar-refractivity contribution is 0.279. The summed E-state index contributed by atoms with van der Waals surface area (Å²) in [5, 5.41) is 19.4. The number of hydrogen-bond acceptors (Lipinski definition) is 4. The van der Waals surface area contributed by atoms with E-state index in [0.29, 0.717) is 18.5 Å². The monoisotopic (exact) mass is 238 g/mol. The van der Waals surface area contributed by atoms with Gasteiger partial charge in [-0.1, -0.05) is 17.8 Å². The van der Waals surface area contributed by atoms with Gasteiger partial charge < -0.3 is 14.8 Å². The van der Waals surface area contributed by atoms with Crippen molar-refractivity contribution >= 4 is 22.8 Å². The number of aliphatic hydroxyl groups is 1. The van der Waals surface area contributed by atoms with Gasteiger partial charge in [0.05, 0.1) is 5.52 Å². The number of benzene rings is 1. The van der Waals surface area contributed by atoms with Crippen LogP contribution in [0.4, 0.5) is 0 Å². The van der Waals surface area contributed by atoms with Crippen LogP contribution in [-0.2, 0) is 6.54 Å². The van der Waals surface area contributed by atoms with Crippen molar-refractivity contribution in [1.29, 1.82) is 0 Å². The van der Waals surface area contributed by atoms with Crippen LogP contribution in [0, 0.1) is 0 Å². The molecule has 2 aromatic rings. The van der Waals surface area contributed by atoms with E-state index < -0.39 is 0 Å². The fraction of sp³-hybridized carbons (Fsp3) is 0.364. The van der Waals surface area contributed by atoms with Crippen molar-refractivity contribution in [2.45, 2.75) is 18.1 Å². The number of hydrogen-bond donors (Lipinski definition) is 2. The van der Waals surface area contributed by atoms with Gasteiger partial charge in [-0.15, -0.1) is 0 Å². The third-order valence-corrected chi connectivity index (χ3v) is 3.12. The molecule has 0 aliphatic carbocycles. The number of thioether (sulfide) groups is 1. The number of para-hydroxylation sites is 1. The molecule has 0 saturated carbocycles. The standard InChI is InChI=1S/C11H14N2O2S/c1-16-11-12-10-8(4-2-5-9(10)15)13(11)6-3-7-14/h2,4-5,14-15H,3,6-7H2,1H3. The summed E-state index contributed by atoms with van der Waals surface area (Å²) in [6.45, 7) is 0.874. The largest absolute Gasteiger partial charge is 0.506 e. The van der Waals surface area contributed by atoms with Gasteiger partial charge in [0.1, 0.15) is 11.3 Å². The molecule has 1 aromatic carbocycles. The fourth-order valence-electron chi connectivity index (χ4n) is 1.71. The Labute approximate surface area is 97.9 Å². The van der Waals surface area contributed by atoms with Gasteiger partial charge in [-0.05, 0) is 24.8 Å². The van der Waals surface area contributed by atoms with Gasteiger partial charge in [0.25, 0.3) is 0 Å². The molecule has 2 rings (SSSR count). The molecule has 1 heterocycles. The maximum Gasteiger partial charge on any atom is 0.168 e. The van der Waals surface area contributed by atoms with Gasteiger partial charge in [0.15, 0.2) is 5.16 Å². The molecule has 1 aromatic heterocycles. The summed E-state index contributed by atoms with van der Waals surface area (Å²) in [6.07, 6.45) is 2.64. The van der Waals surface area contributed by atoms with Crippen LogP contribution in [0.2, 0.25) is 0 Å². The molecule has 0 unspecified atom stereocenters. The Bertz CT molecular complexity index is 496. The molecule has 16 heavy (non-hydrogen) atoms. The van der Waals surface area contributed by atoms with Crippen molar-refractivity contribution in [2.24, 2.45) is 0 Å². The number of phenols is 1. The van der Waals surface area contributed by atoms with Crippen LogP contribution in [0.25, 0.3) is 11.0 Å². The van der Waals surface area contributed by atoms with Crippen LogP contribution in [-0.4, -0.2) is 32.6 Å². The highest BCUT2D eigenvalue weighted by atomic mass is 32.2. The molecule has 2 N–H and O–H groups in total. The van der Waals surface area contributed by atoms with Crippen LogP contribution in [0.1, 0.15) is 6.42 Å². The number of aryl methyl sites for hydroxylation is 1. The van der Waals surface area contributed by atoms with E-state index in [1.807, 2.05) is 16.9 Å². The Morgan fingerprint density at radius 1 is 1.44 bits per heavy atom. The summed E-state index contributed by atoms with van der Waals surface area (Å²) in [5.74, 6) is 0.204. The molecule has 0 saturated heterocycles. The number of aromatic hydroxyl groups is 1. The smallest absolute Gasteiger partial charge is 0.168 e. The van der Waals surface area contributed by atoms with Crippen molar-refractivity contribution in [2.75, 3.05) is 12.9 Å². The van der Waals surface area contributed by atoms with Crippen LogP contribution in [0.5, 0.6) is 5.75 Å². The summed E-state index contributed by atoms with van der Waals surface area (Å²) >= 11 is 1.54. The molecule has 0 bridgehead atoms. The molecule has 0 spiro atoms. The SMILES string of the molecule is CSc1nc2c(O)cccc2n1CCCO. The Hall–Kier alpha value is -1.20. The highest BCUT2D eigenvalue weighted by molar-refractivity contribution is 7.98. The van der Waals surface area contributed by atoms with E-state index in [2.05, 4.69) is 4.98 Å². The van der Waals surface area contributed by atoms with Crippen molar-refractivity contribution in [3.8, 4) is 5.75 Å². The third-order valence-electron chi connectivity index (χ3n) is 2.44. The molecule has 0 fully saturated rings. The minimum Gasteiger partial charge on any atom is -0.506 e. The highest BCUT2D eigenvalue weighted by Gasteiger charge is 2.11. The summed E-state index contributed by atoms with van der Waals surface area (Å²) in [4.78, 5) is 4.38. The Kier molecular flexibility index (Phi) is 3.36. The van der Waals surface area contributed by atoms with Crippen molar-refractivity contribution in [3.05, 3.63) is 18.2 Å². The number of imidazole rings is 1. The second kappa shape index (κ2) is 4.76. The van der Waals surface area contributed by atoms with Gasteiger partial charge in [0.2, 0.25) is 0 Å². The van der Waals surface area contributed by atoms with E-state index in [1.54, 1.807) is 12.1 Å². The van der Waals surface area contributed by atoms with Crippen LogP contribution in [0.3, 0.4) is 0 Å². The summed E-state index contributed by atoms with van der Waals surface area (Å²) in [5.41, 5.74) is 1.54. The molecule has 0 atom stereocenters. The topological polar surface area (TPSA) is 58.3 Å². The molecule has 4 nitrogen and oxygen atoms in total. The maximum absolute atomic E-state index is 9.70. The van der Waals surface area contributed by atoms with Crippen LogP contribution in [0.15, 0.2) is 23.4 Å².